The molecule has 0 amide bonds. The third kappa shape index (κ3) is 2.98. The minimum Gasteiger partial charge on any atom is -0.477 e. The first-order valence-corrected chi connectivity index (χ1v) is 9.15. The van der Waals surface area contributed by atoms with Crippen molar-refractivity contribution in [2.75, 3.05) is 32.1 Å². The van der Waals surface area contributed by atoms with Crippen molar-refractivity contribution in [1.29, 1.82) is 0 Å². The number of aromatic nitrogens is 1. The van der Waals surface area contributed by atoms with Gasteiger partial charge in [-0.05, 0) is 39.1 Å². The highest BCUT2D eigenvalue weighted by Gasteiger charge is 2.33. The number of benzene rings is 1. The van der Waals surface area contributed by atoms with Crippen LogP contribution in [0.1, 0.15) is 29.2 Å². The Morgan fingerprint density at radius 2 is 1.81 bits per heavy atom. The van der Waals surface area contributed by atoms with E-state index in [0.717, 1.165) is 12.8 Å². The van der Waals surface area contributed by atoms with Crippen molar-refractivity contribution >= 4 is 22.6 Å². The normalized spacial score (nSPS) is 22.6. The Labute approximate surface area is 155 Å². The van der Waals surface area contributed by atoms with Crippen LogP contribution in [0.5, 0.6) is 0 Å². The molecule has 1 aromatic heterocycles. The number of carbonyl (C=O) groups is 1. The molecule has 2 fully saturated rings. The second-order valence-corrected chi connectivity index (χ2v) is 7.33. The molecule has 2 aromatic rings. The number of aromatic carboxylic acids is 1. The van der Waals surface area contributed by atoms with Crippen molar-refractivity contribution in [3.05, 3.63) is 39.9 Å². The smallest absolute Gasteiger partial charge is 0.341 e. The minimum absolute atomic E-state index is 0.123. The third-order valence-corrected chi connectivity index (χ3v) is 5.67. The predicted octanol–water partition coefficient (Wildman–Crippen LogP) is 1.17. The molecule has 0 bridgehead atoms. The van der Waals surface area contributed by atoms with Crippen LogP contribution in [0.3, 0.4) is 0 Å². The molecule has 1 aliphatic heterocycles. The molecule has 4 rings (SSSR count). The van der Waals surface area contributed by atoms with Crippen LogP contribution in [0, 0.1) is 5.82 Å². The molecular weight excluding hydrogens is 351 g/mol. The largest absolute Gasteiger partial charge is 0.477 e. The zero-order valence-electron chi connectivity index (χ0n) is 15.3. The number of nitrogens with zero attached hydrogens (tertiary/aromatic N) is 2. The number of fused-ring (bicyclic) bond motifs is 1. The summed E-state index contributed by atoms with van der Waals surface area (Å²) in [6.45, 7) is 1.29. The van der Waals surface area contributed by atoms with E-state index < -0.39 is 17.2 Å². The van der Waals surface area contributed by atoms with Gasteiger partial charge in [0, 0.05) is 42.8 Å². The molecule has 1 aliphatic carbocycles. The summed E-state index contributed by atoms with van der Waals surface area (Å²) in [4.78, 5) is 25.9. The summed E-state index contributed by atoms with van der Waals surface area (Å²) in [7, 11) is 3.76. The van der Waals surface area contributed by atoms with Crippen LogP contribution in [0.15, 0.2) is 23.1 Å². The van der Waals surface area contributed by atoms with Crippen LogP contribution in [0.25, 0.3) is 10.9 Å². The minimum atomic E-state index is -1.28. The monoisotopic (exact) mass is 374 g/mol. The van der Waals surface area contributed by atoms with Crippen molar-refractivity contribution in [3.63, 3.8) is 0 Å². The maximum absolute atomic E-state index is 14.9. The number of likely N-dealkylation sites (N-methyl/N-ethyl adjacent to an activating group) is 2. The van der Waals surface area contributed by atoms with Crippen LogP contribution in [0.2, 0.25) is 0 Å². The molecule has 1 aromatic carbocycles. The summed E-state index contributed by atoms with van der Waals surface area (Å²) >= 11 is 0. The first-order valence-electron chi connectivity index (χ1n) is 9.15. The second-order valence-electron chi connectivity index (χ2n) is 7.33. The highest BCUT2D eigenvalue weighted by Crippen LogP contribution is 2.38. The molecular formula is C19H23FN4O3. The van der Waals surface area contributed by atoms with Gasteiger partial charge >= 0.3 is 5.97 Å². The average Bonchev–Trinajstić information content (AvgIpc) is 3.40. The van der Waals surface area contributed by atoms with Gasteiger partial charge in [-0.3, -0.25) is 4.79 Å². The molecule has 144 valence electrons. The number of pyridine rings is 1. The molecule has 2 heterocycles. The van der Waals surface area contributed by atoms with Crippen LogP contribution in [-0.2, 0) is 0 Å². The molecule has 2 aliphatic rings. The fraction of sp³-hybridized carbons (Fsp3) is 0.474. The van der Waals surface area contributed by atoms with Gasteiger partial charge in [0.2, 0.25) is 5.43 Å². The van der Waals surface area contributed by atoms with Crippen LogP contribution >= 0.6 is 0 Å². The van der Waals surface area contributed by atoms with E-state index in [4.69, 9.17) is 0 Å². The molecule has 7 nitrogen and oxygen atoms in total. The van der Waals surface area contributed by atoms with Crippen molar-refractivity contribution in [2.24, 2.45) is 0 Å². The van der Waals surface area contributed by atoms with Crippen LogP contribution < -0.4 is 21.0 Å². The standard InChI is InChI=1S/C19H23FN4O3/c1-21-14-8-23(9-15(14)22-2)17-6-16-11(5-13(17)20)18(25)12(19(26)27)7-24(16)10-3-4-10/h5-7,10,14-15,21-22H,3-4,8-9H2,1-2H3,(H,26,27)/t14-,15-/m1/s1. The van der Waals surface area contributed by atoms with Crippen LogP contribution in [-0.4, -0.2) is 54.9 Å². The van der Waals surface area contributed by atoms with Gasteiger partial charge in [0.05, 0.1) is 11.2 Å². The number of hydrogen-bond acceptors (Lipinski definition) is 5. The molecule has 1 saturated heterocycles. The Morgan fingerprint density at radius 3 is 2.33 bits per heavy atom. The predicted molar refractivity (Wildman–Crippen MR) is 101 cm³/mol. The highest BCUT2D eigenvalue weighted by molar-refractivity contribution is 5.93. The van der Waals surface area contributed by atoms with Gasteiger partial charge in [0.1, 0.15) is 11.4 Å². The Morgan fingerprint density at radius 1 is 1.19 bits per heavy atom. The summed E-state index contributed by atoms with van der Waals surface area (Å²) in [6.07, 6.45) is 3.26. The number of rotatable bonds is 5. The number of nitrogens with one attached hydrogen (secondary N) is 2. The molecule has 2 atom stereocenters. The van der Waals surface area contributed by atoms with Gasteiger partial charge in [-0.2, -0.15) is 0 Å². The van der Waals surface area contributed by atoms with E-state index >= 15 is 0 Å². The maximum atomic E-state index is 14.9. The van der Waals surface area contributed by atoms with E-state index in [1.165, 1.54) is 12.3 Å². The van der Waals surface area contributed by atoms with Gasteiger partial charge in [-0.25, -0.2) is 9.18 Å². The first-order chi connectivity index (χ1) is 12.9. The van der Waals surface area contributed by atoms with Gasteiger partial charge in [-0.15, -0.1) is 0 Å². The molecule has 27 heavy (non-hydrogen) atoms. The molecule has 8 heteroatoms. The third-order valence-electron chi connectivity index (χ3n) is 5.67. The SMILES string of the molecule is CN[C@@H]1CN(c2cc3c(cc2F)c(=O)c(C(=O)O)cn3C2CC2)C[C@H]1NC. The summed E-state index contributed by atoms with van der Waals surface area (Å²) in [5.74, 6) is -1.79. The summed E-state index contributed by atoms with van der Waals surface area (Å²) in [6, 6.07) is 3.42. The molecule has 3 N–H and O–H groups in total. The number of carboxylic acids is 1. The van der Waals surface area contributed by atoms with Gasteiger partial charge in [0.15, 0.2) is 0 Å². The zero-order chi connectivity index (χ0) is 19.3. The van der Waals surface area contributed by atoms with Crippen molar-refractivity contribution in [1.82, 2.24) is 15.2 Å². The lowest BCUT2D eigenvalue weighted by atomic mass is 10.1. The Hall–Kier alpha value is -2.45. The fourth-order valence-corrected chi connectivity index (χ4v) is 3.99. The number of anilines is 1. The summed E-state index contributed by atoms with van der Waals surface area (Å²) < 4.78 is 16.7. The molecule has 0 spiro atoms. The van der Waals surface area contributed by atoms with Crippen molar-refractivity contribution in [3.8, 4) is 0 Å². The number of halogens is 1. The number of carboxylic acid groups (broad SMARTS) is 1. The van der Waals surface area contributed by atoms with Gasteiger partial charge in [0.25, 0.3) is 0 Å². The Balaban J connectivity index is 1.86. The van der Waals surface area contributed by atoms with Crippen molar-refractivity contribution in [2.45, 2.75) is 31.0 Å². The van der Waals surface area contributed by atoms with Crippen molar-refractivity contribution < 1.29 is 14.3 Å². The zero-order valence-corrected chi connectivity index (χ0v) is 15.3. The quantitative estimate of drug-likeness (QED) is 0.728. The highest BCUT2D eigenvalue weighted by atomic mass is 19.1. The first kappa shape index (κ1) is 17.9. The molecule has 0 unspecified atom stereocenters. The topological polar surface area (TPSA) is 86.6 Å². The maximum Gasteiger partial charge on any atom is 0.341 e. The lowest BCUT2D eigenvalue weighted by Crippen LogP contribution is -2.43. The summed E-state index contributed by atoms with van der Waals surface area (Å²) in [5.41, 5.74) is 0.0888. The lowest BCUT2D eigenvalue weighted by Gasteiger charge is -2.21. The van der Waals surface area contributed by atoms with E-state index in [0.29, 0.717) is 24.3 Å². The lowest BCUT2D eigenvalue weighted by molar-refractivity contribution is 0.0695. The van der Waals surface area contributed by atoms with E-state index in [2.05, 4.69) is 10.6 Å². The van der Waals surface area contributed by atoms with E-state index in [-0.39, 0.29) is 29.1 Å². The molecule has 1 saturated carbocycles. The fourth-order valence-electron chi connectivity index (χ4n) is 3.99. The van der Waals surface area contributed by atoms with Crippen LogP contribution in [0.4, 0.5) is 10.1 Å². The van der Waals surface area contributed by atoms with Gasteiger partial charge in [-0.1, -0.05) is 0 Å². The van der Waals surface area contributed by atoms with E-state index in [1.807, 2.05) is 23.6 Å². The average molecular weight is 374 g/mol. The Bertz CT molecular complexity index is 958. The summed E-state index contributed by atoms with van der Waals surface area (Å²) in [5, 5.41) is 15.9. The second kappa shape index (κ2) is 6.61. The van der Waals surface area contributed by atoms with Gasteiger partial charge < -0.3 is 25.2 Å². The number of hydrogen-bond donors (Lipinski definition) is 3. The van der Waals surface area contributed by atoms with E-state index in [1.54, 1.807) is 6.07 Å². The molecule has 0 radical (unpaired) electrons. The van der Waals surface area contributed by atoms with E-state index in [9.17, 15) is 19.1 Å². The Kier molecular flexibility index (Phi) is 4.39.